The van der Waals surface area contributed by atoms with Crippen molar-refractivity contribution < 1.29 is 13.2 Å². The normalized spacial score (nSPS) is 14.1. The molecule has 0 saturated carbocycles. The average Bonchev–Trinajstić information content (AvgIpc) is 2.18. The van der Waals surface area contributed by atoms with Gasteiger partial charge in [-0.15, -0.1) is 0 Å². The van der Waals surface area contributed by atoms with Crippen molar-refractivity contribution in [1.82, 2.24) is 0 Å². The molecule has 0 aliphatic rings. The second kappa shape index (κ2) is 4.31. The van der Waals surface area contributed by atoms with Gasteiger partial charge in [-0.05, 0) is 17.7 Å². The Morgan fingerprint density at radius 1 is 1.29 bits per heavy atom. The molecule has 1 rings (SSSR count). The molecule has 1 nitrogen and oxygen atoms in total. The van der Waals surface area contributed by atoms with Gasteiger partial charge in [-0.25, -0.2) is 13.2 Å². The molecule has 2 N–H and O–H groups in total. The van der Waals surface area contributed by atoms with Gasteiger partial charge < -0.3 is 5.73 Å². The molecule has 0 aliphatic heterocycles. The predicted molar refractivity (Wildman–Crippen MR) is 52.0 cm³/mol. The fourth-order valence-electron chi connectivity index (χ4n) is 0.979. The highest BCUT2D eigenvalue weighted by molar-refractivity contribution is 9.10. The average molecular weight is 268 g/mol. The molecule has 0 bridgehead atoms. The van der Waals surface area contributed by atoms with E-state index in [0.717, 1.165) is 0 Å². The number of hydrogen-bond donors (Lipinski definition) is 1. The first-order chi connectivity index (χ1) is 6.47. The minimum absolute atomic E-state index is 0.0661. The zero-order valence-electron chi connectivity index (χ0n) is 7.18. The first-order valence-electron chi connectivity index (χ1n) is 3.95. The Balaban J connectivity index is 2.89. The Morgan fingerprint density at radius 3 is 2.21 bits per heavy atom. The van der Waals surface area contributed by atoms with Gasteiger partial charge in [0.15, 0.2) is 6.17 Å². The highest BCUT2D eigenvalue weighted by Crippen LogP contribution is 2.34. The summed E-state index contributed by atoms with van der Waals surface area (Å²) in [5, 5.41) is 0. The zero-order chi connectivity index (χ0) is 10.8. The number of rotatable bonds is 3. The van der Waals surface area contributed by atoms with Gasteiger partial charge in [0.1, 0.15) is 0 Å². The van der Waals surface area contributed by atoms with Crippen molar-refractivity contribution in [3.05, 3.63) is 34.3 Å². The topological polar surface area (TPSA) is 26.0 Å². The summed E-state index contributed by atoms with van der Waals surface area (Å²) in [6.45, 7) is -0.996. The number of halogens is 4. The lowest BCUT2D eigenvalue weighted by atomic mass is 10.1. The van der Waals surface area contributed by atoms with E-state index in [0.29, 0.717) is 4.47 Å². The number of benzene rings is 1. The van der Waals surface area contributed by atoms with Crippen LogP contribution in [0.15, 0.2) is 28.7 Å². The molecule has 0 aromatic heterocycles. The first kappa shape index (κ1) is 11.5. The van der Waals surface area contributed by atoms with Gasteiger partial charge in [0.05, 0.1) is 6.54 Å². The molecule has 1 atom stereocenters. The molecule has 78 valence electrons. The maximum absolute atomic E-state index is 13.2. The molecule has 1 aromatic rings. The van der Waals surface area contributed by atoms with Crippen molar-refractivity contribution >= 4 is 15.9 Å². The number of hydrogen-bond acceptors (Lipinski definition) is 1. The van der Waals surface area contributed by atoms with Gasteiger partial charge in [-0.3, -0.25) is 0 Å². The Bertz CT molecular complexity index is 299. The molecule has 1 aromatic carbocycles. The molecule has 0 spiro atoms. The van der Waals surface area contributed by atoms with E-state index in [2.05, 4.69) is 15.9 Å². The standard InChI is InChI=1S/C9H9BrF3N/c10-7-3-1-6(2-4-7)8(11)9(12,13)5-14/h1-4,8H,5,14H2. The molecule has 0 aliphatic carbocycles. The Morgan fingerprint density at radius 2 is 1.79 bits per heavy atom. The smallest absolute Gasteiger partial charge is 0.294 e. The van der Waals surface area contributed by atoms with E-state index in [1.165, 1.54) is 24.3 Å². The SMILES string of the molecule is NCC(F)(F)C(F)c1ccc(Br)cc1. The van der Waals surface area contributed by atoms with Crippen LogP contribution in [0.25, 0.3) is 0 Å². The van der Waals surface area contributed by atoms with Crippen LogP contribution in [0.3, 0.4) is 0 Å². The van der Waals surface area contributed by atoms with E-state index in [9.17, 15) is 13.2 Å². The number of nitrogens with two attached hydrogens (primary N) is 1. The number of alkyl halides is 3. The van der Waals surface area contributed by atoms with E-state index >= 15 is 0 Å². The summed E-state index contributed by atoms with van der Waals surface area (Å²) in [7, 11) is 0. The molecule has 1 unspecified atom stereocenters. The fraction of sp³-hybridized carbons (Fsp3) is 0.333. The summed E-state index contributed by atoms with van der Waals surface area (Å²) >= 11 is 3.13. The lowest BCUT2D eigenvalue weighted by Crippen LogP contribution is -2.32. The van der Waals surface area contributed by atoms with Crippen LogP contribution in [-0.4, -0.2) is 12.5 Å². The molecule has 0 heterocycles. The van der Waals surface area contributed by atoms with Gasteiger partial charge in [0, 0.05) is 4.47 Å². The fourth-order valence-corrected chi connectivity index (χ4v) is 1.24. The van der Waals surface area contributed by atoms with Crippen LogP contribution in [0, 0.1) is 0 Å². The van der Waals surface area contributed by atoms with Gasteiger partial charge in [-0.2, -0.15) is 0 Å². The third kappa shape index (κ3) is 2.48. The van der Waals surface area contributed by atoms with E-state index in [1.54, 1.807) is 0 Å². The molecule has 0 saturated heterocycles. The zero-order valence-corrected chi connectivity index (χ0v) is 8.77. The van der Waals surface area contributed by atoms with Crippen LogP contribution in [0.5, 0.6) is 0 Å². The predicted octanol–water partition coefficient (Wildman–Crippen LogP) is 3.05. The molecular formula is C9H9BrF3N. The van der Waals surface area contributed by atoms with Crippen molar-refractivity contribution in [3.8, 4) is 0 Å². The second-order valence-corrected chi connectivity index (χ2v) is 3.79. The van der Waals surface area contributed by atoms with Crippen LogP contribution >= 0.6 is 15.9 Å². The highest BCUT2D eigenvalue weighted by atomic mass is 79.9. The second-order valence-electron chi connectivity index (χ2n) is 2.88. The maximum Gasteiger partial charge on any atom is 0.294 e. The van der Waals surface area contributed by atoms with Crippen molar-refractivity contribution in [3.63, 3.8) is 0 Å². The van der Waals surface area contributed by atoms with Gasteiger partial charge in [0.2, 0.25) is 0 Å². The molecule has 0 fully saturated rings. The maximum atomic E-state index is 13.2. The minimum Gasteiger partial charge on any atom is -0.325 e. The van der Waals surface area contributed by atoms with E-state index < -0.39 is 18.6 Å². The van der Waals surface area contributed by atoms with Crippen LogP contribution < -0.4 is 5.73 Å². The lowest BCUT2D eigenvalue weighted by Gasteiger charge is -2.18. The minimum atomic E-state index is -3.51. The van der Waals surface area contributed by atoms with Crippen molar-refractivity contribution in [2.75, 3.05) is 6.54 Å². The van der Waals surface area contributed by atoms with Crippen LogP contribution in [0.2, 0.25) is 0 Å². The van der Waals surface area contributed by atoms with E-state index in [1.807, 2.05) is 0 Å². The Kier molecular flexibility index (Phi) is 3.55. The van der Waals surface area contributed by atoms with Crippen molar-refractivity contribution in [1.29, 1.82) is 0 Å². The molecule has 0 amide bonds. The summed E-state index contributed by atoms with van der Waals surface area (Å²) in [5.41, 5.74) is 4.71. The monoisotopic (exact) mass is 267 g/mol. The van der Waals surface area contributed by atoms with Gasteiger partial charge in [-0.1, -0.05) is 28.1 Å². The largest absolute Gasteiger partial charge is 0.325 e. The molecule has 0 radical (unpaired) electrons. The quantitative estimate of drug-likeness (QED) is 0.895. The van der Waals surface area contributed by atoms with Gasteiger partial charge in [0.25, 0.3) is 5.92 Å². The lowest BCUT2D eigenvalue weighted by molar-refractivity contribution is -0.0651. The molecular weight excluding hydrogens is 259 g/mol. The summed E-state index contributed by atoms with van der Waals surface area (Å²) in [4.78, 5) is 0. The van der Waals surface area contributed by atoms with E-state index in [4.69, 9.17) is 5.73 Å². The first-order valence-corrected chi connectivity index (χ1v) is 4.74. The van der Waals surface area contributed by atoms with Crippen molar-refractivity contribution in [2.24, 2.45) is 5.73 Å². The summed E-state index contributed by atoms with van der Waals surface area (Å²) < 4.78 is 39.6. The molecule has 5 heteroatoms. The van der Waals surface area contributed by atoms with E-state index in [-0.39, 0.29) is 5.56 Å². The Labute approximate surface area is 88.2 Å². The highest BCUT2D eigenvalue weighted by Gasteiger charge is 2.39. The third-order valence-electron chi connectivity index (χ3n) is 1.81. The summed E-state index contributed by atoms with van der Waals surface area (Å²) in [6.07, 6.45) is -2.35. The summed E-state index contributed by atoms with van der Waals surface area (Å²) in [6, 6.07) is 5.62. The molecule has 14 heavy (non-hydrogen) atoms. The third-order valence-corrected chi connectivity index (χ3v) is 2.33. The summed E-state index contributed by atoms with van der Waals surface area (Å²) in [5.74, 6) is -3.51. The van der Waals surface area contributed by atoms with Crippen LogP contribution in [0.1, 0.15) is 11.7 Å². The van der Waals surface area contributed by atoms with Crippen molar-refractivity contribution in [2.45, 2.75) is 12.1 Å². The van der Waals surface area contributed by atoms with Crippen LogP contribution in [-0.2, 0) is 0 Å². The Hall–Kier alpha value is -0.550. The van der Waals surface area contributed by atoms with Crippen LogP contribution in [0.4, 0.5) is 13.2 Å². The van der Waals surface area contributed by atoms with Gasteiger partial charge >= 0.3 is 0 Å².